The Morgan fingerprint density at radius 2 is 1.36 bits per heavy atom. The molecule has 10 nitrogen and oxygen atoms in total. The smallest absolute Gasteiger partial charge is 0.415 e. The van der Waals surface area contributed by atoms with Crippen molar-refractivity contribution < 1.29 is 19.1 Å². The van der Waals surface area contributed by atoms with E-state index in [0.717, 1.165) is 0 Å². The SMILES string of the molecule is Cn1cc(N)cn1.Cn1cc(NC(=O)Oc2ccccc2)cn1.O=C(Cl)Oc1ccccc1. The lowest BCUT2D eigenvalue weighted by Crippen LogP contribution is -2.16. The van der Waals surface area contributed by atoms with Gasteiger partial charge in [-0.3, -0.25) is 14.7 Å². The van der Waals surface area contributed by atoms with Gasteiger partial charge in [-0.05, 0) is 24.3 Å². The lowest BCUT2D eigenvalue weighted by molar-refractivity contribution is 0.215. The van der Waals surface area contributed by atoms with Crippen LogP contribution in [0.2, 0.25) is 0 Å². The Kier molecular flexibility index (Phi) is 9.96. The number of nitrogens with two attached hydrogens (primary N) is 1. The second-order valence-corrected chi connectivity index (χ2v) is 6.64. The third-order valence-corrected chi connectivity index (χ3v) is 3.65. The van der Waals surface area contributed by atoms with E-state index in [0.29, 0.717) is 22.9 Å². The van der Waals surface area contributed by atoms with Gasteiger partial charge in [-0.1, -0.05) is 36.4 Å². The zero-order valence-electron chi connectivity index (χ0n) is 18.0. The number of carbonyl (C=O) groups is 2. The predicted molar refractivity (Wildman–Crippen MR) is 125 cm³/mol. The van der Waals surface area contributed by atoms with Crippen LogP contribution in [-0.4, -0.2) is 31.1 Å². The predicted octanol–water partition coefficient (Wildman–Crippen LogP) is 4.46. The highest BCUT2D eigenvalue weighted by atomic mass is 35.5. The third kappa shape index (κ3) is 10.5. The Morgan fingerprint density at radius 3 is 1.76 bits per heavy atom. The van der Waals surface area contributed by atoms with Crippen molar-refractivity contribution in [1.29, 1.82) is 0 Å². The second-order valence-electron chi connectivity index (χ2n) is 6.33. The molecule has 0 spiro atoms. The molecule has 1 amide bonds. The summed E-state index contributed by atoms with van der Waals surface area (Å²) in [5.74, 6) is 0.964. The van der Waals surface area contributed by atoms with Gasteiger partial charge in [0.05, 0.1) is 23.8 Å². The summed E-state index contributed by atoms with van der Waals surface area (Å²) in [7, 11) is 3.60. The largest absolute Gasteiger partial charge is 0.417 e. The number of nitrogen functional groups attached to an aromatic ring is 1. The zero-order chi connectivity index (χ0) is 24.1. The lowest BCUT2D eigenvalue weighted by atomic mass is 10.3. The summed E-state index contributed by atoms with van der Waals surface area (Å²) in [6, 6.07) is 17.5. The minimum absolute atomic E-state index is 0.461. The Hall–Kier alpha value is -4.31. The van der Waals surface area contributed by atoms with E-state index in [-0.39, 0.29) is 0 Å². The maximum Gasteiger partial charge on any atom is 0.417 e. The molecule has 11 heteroatoms. The number of anilines is 2. The number of benzene rings is 2. The molecule has 172 valence electrons. The Bertz CT molecular complexity index is 1120. The minimum Gasteiger partial charge on any atom is -0.415 e. The van der Waals surface area contributed by atoms with E-state index >= 15 is 0 Å². The van der Waals surface area contributed by atoms with Crippen LogP contribution in [0.25, 0.3) is 0 Å². The van der Waals surface area contributed by atoms with Gasteiger partial charge in [0.25, 0.3) is 0 Å². The van der Waals surface area contributed by atoms with Crippen LogP contribution in [0.3, 0.4) is 0 Å². The van der Waals surface area contributed by atoms with E-state index in [9.17, 15) is 9.59 Å². The topological polar surface area (TPSA) is 126 Å². The Balaban J connectivity index is 0.000000193. The highest BCUT2D eigenvalue weighted by Crippen LogP contribution is 2.11. The third-order valence-electron chi connectivity index (χ3n) is 3.57. The maximum absolute atomic E-state index is 11.4. The van der Waals surface area contributed by atoms with Crippen LogP contribution in [0.4, 0.5) is 21.0 Å². The molecule has 4 rings (SSSR count). The molecule has 0 unspecified atom stereocenters. The first-order chi connectivity index (χ1) is 15.8. The fourth-order valence-electron chi connectivity index (χ4n) is 2.25. The number of nitrogens with one attached hydrogen (secondary N) is 1. The summed E-state index contributed by atoms with van der Waals surface area (Å²) in [6.45, 7) is 0. The van der Waals surface area contributed by atoms with Crippen molar-refractivity contribution in [1.82, 2.24) is 19.6 Å². The summed E-state index contributed by atoms with van der Waals surface area (Å²) in [4.78, 5) is 21.6. The number of aromatic nitrogens is 4. The van der Waals surface area contributed by atoms with Crippen LogP contribution in [0.1, 0.15) is 0 Å². The van der Waals surface area contributed by atoms with Crippen molar-refractivity contribution in [2.24, 2.45) is 14.1 Å². The van der Waals surface area contributed by atoms with Gasteiger partial charge in [-0.25, -0.2) is 9.59 Å². The molecule has 33 heavy (non-hydrogen) atoms. The van der Waals surface area contributed by atoms with E-state index < -0.39 is 11.5 Å². The molecule has 0 fully saturated rings. The number of carbonyl (C=O) groups excluding carboxylic acids is 2. The first-order valence-electron chi connectivity index (χ1n) is 9.51. The van der Waals surface area contributed by atoms with Gasteiger partial charge in [-0.2, -0.15) is 10.2 Å². The number of para-hydroxylation sites is 2. The maximum atomic E-state index is 11.4. The molecule has 0 bridgehead atoms. The van der Waals surface area contributed by atoms with Gasteiger partial charge < -0.3 is 15.2 Å². The van der Waals surface area contributed by atoms with Gasteiger partial charge in [0, 0.05) is 38.1 Å². The number of hydrogen-bond acceptors (Lipinski definition) is 7. The van der Waals surface area contributed by atoms with Crippen molar-refractivity contribution in [2.45, 2.75) is 0 Å². The zero-order valence-corrected chi connectivity index (χ0v) is 18.7. The van der Waals surface area contributed by atoms with Crippen molar-refractivity contribution in [3.05, 3.63) is 85.5 Å². The van der Waals surface area contributed by atoms with Crippen LogP contribution in [0.15, 0.2) is 85.5 Å². The lowest BCUT2D eigenvalue weighted by Gasteiger charge is -2.03. The summed E-state index contributed by atoms with van der Waals surface area (Å²) >= 11 is 4.95. The number of nitrogens with zero attached hydrogens (tertiary/aromatic N) is 4. The van der Waals surface area contributed by atoms with Crippen LogP contribution >= 0.6 is 11.6 Å². The monoisotopic (exact) mass is 470 g/mol. The number of halogens is 1. The molecule has 2 heterocycles. The number of amides is 1. The molecule has 4 aromatic rings. The fraction of sp³-hybridized carbons (Fsp3) is 0.0909. The second kappa shape index (κ2) is 13.2. The first-order valence-corrected chi connectivity index (χ1v) is 9.88. The number of hydrogen-bond donors (Lipinski definition) is 2. The van der Waals surface area contributed by atoms with Gasteiger partial charge >= 0.3 is 11.5 Å². The molecule has 0 aliphatic rings. The number of rotatable bonds is 3. The van der Waals surface area contributed by atoms with Gasteiger partial charge in [0.15, 0.2) is 0 Å². The quantitative estimate of drug-likeness (QED) is 0.423. The normalized spacial score (nSPS) is 9.42. The Labute approximate surface area is 195 Å². The minimum atomic E-state index is -0.814. The molecule has 0 radical (unpaired) electrons. The van der Waals surface area contributed by atoms with E-state index in [2.05, 4.69) is 20.3 Å². The van der Waals surface area contributed by atoms with Crippen molar-refractivity contribution in [3.63, 3.8) is 0 Å². The van der Waals surface area contributed by atoms with Crippen LogP contribution in [-0.2, 0) is 14.1 Å². The summed E-state index contributed by atoms with van der Waals surface area (Å²) in [6.07, 6.45) is 6.07. The molecule has 2 aromatic carbocycles. The van der Waals surface area contributed by atoms with Crippen LogP contribution in [0.5, 0.6) is 11.5 Å². The van der Waals surface area contributed by atoms with Crippen LogP contribution in [0, 0.1) is 0 Å². The summed E-state index contributed by atoms with van der Waals surface area (Å²) < 4.78 is 12.8. The van der Waals surface area contributed by atoms with E-state index in [1.54, 1.807) is 89.7 Å². The van der Waals surface area contributed by atoms with Gasteiger partial charge in [0.1, 0.15) is 11.5 Å². The molecule has 0 aliphatic carbocycles. The van der Waals surface area contributed by atoms with E-state index in [1.165, 1.54) is 0 Å². The van der Waals surface area contributed by atoms with Crippen molar-refractivity contribution in [3.8, 4) is 11.5 Å². The molecule has 0 atom stereocenters. The highest BCUT2D eigenvalue weighted by molar-refractivity contribution is 6.61. The van der Waals surface area contributed by atoms with Crippen molar-refractivity contribution in [2.75, 3.05) is 11.1 Å². The first kappa shape index (κ1) is 25.0. The average Bonchev–Trinajstić information content (AvgIpc) is 3.36. The molecular weight excluding hydrogens is 448 g/mol. The van der Waals surface area contributed by atoms with Gasteiger partial charge in [-0.15, -0.1) is 0 Å². The summed E-state index contributed by atoms with van der Waals surface area (Å²) in [5, 5.41) is 10.3. The van der Waals surface area contributed by atoms with E-state index in [1.807, 2.05) is 19.2 Å². The van der Waals surface area contributed by atoms with Crippen molar-refractivity contribution >= 4 is 34.5 Å². The summed E-state index contributed by atoms with van der Waals surface area (Å²) in [5.41, 5.74) is 5.79. The number of aryl methyl sites for hydroxylation is 2. The number of ether oxygens (including phenoxy) is 2. The van der Waals surface area contributed by atoms with Crippen LogP contribution < -0.4 is 20.5 Å². The Morgan fingerprint density at radius 1 is 0.848 bits per heavy atom. The highest BCUT2D eigenvalue weighted by Gasteiger charge is 2.05. The average molecular weight is 471 g/mol. The molecule has 0 aliphatic heterocycles. The fourth-order valence-corrected chi connectivity index (χ4v) is 2.34. The molecular formula is C22H23ClN6O4. The van der Waals surface area contributed by atoms with E-state index in [4.69, 9.17) is 22.1 Å². The molecule has 2 aromatic heterocycles. The standard InChI is InChI=1S/C11H11N3O2.C7H5ClO2.C4H7N3/c1-14-8-9(7-12-14)13-11(15)16-10-5-3-2-4-6-10;8-7(9)10-6-4-2-1-3-5-6;1-7-3-4(5)2-6-7/h2-8H,1H3,(H,13,15);1-5H;2-3H,5H2,1H3. The van der Waals surface area contributed by atoms with Gasteiger partial charge in [0.2, 0.25) is 0 Å². The molecule has 3 N–H and O–H groups in total. The molecule has 0 saturated carbocycles. The molecule has 0 saturated heterocycles.